The van der Waals surface area contributed by atoms with E-state index in [-0.39, 0.29) is 6.61 Å². The number of methoxy groups -OCH3 is 2. The van der Waals surface area contributed by atoms with Crippen LogP contribution in [0.2, 0.25) is 0 Å². The Hall–Kier alpha value is -2.20. The zero-order valence-electron chi connectivity index (χ0n) is 12.6. The zero-order valence-corrected chi connectivity index (χ0v) is 12.6. The molecule has 2 aromatic carbocycles. The third kappa shape index (κ3) is 3.28. The monoisotopic (exact) mass is 287 g/mol. The summed E-state index contributed by atoms with van der Waals surface area (Å²) in [7, 11) is 3.26. The summed E-state index contributed by atoms with van der Waals surface area (Å²) in [6.45, 7) is 1.88. The van der Waals surface area contributed by atoms with Crippen molar-refractivity contribution in [2.75, 3.05) is 26.1 Å². The van der Waals surface area contributed by atoms with E-state index in [0.717, 1.165) is 22.7 Å². The number of anilines is 1. The molecule has 1 atom stereocenters. The number of aliphatic hydroxyl groups is 1. The third-order valence-electron chi connectivity index (χ3n) is 3.54. The lowest BCUT2D eigenvalue weighted by atomic mass is 9.92. The van der Waals surface area contributed by atoms with Crippen LogP contribution < -0.4 is 14.8 Å². The van der Waals surface area contributed by atoms with E-state index in [9.17, 15) is 5.11 Å². The Balaban J connectivity index is 2.36. The van der Waals surface area contributed by atoms with Crippen molar-refractivity contribution >= 4 is 5.69 Å². The molecule has 0 bridgehead atoms. The number of nitrogens with one attached hydrogen (secondary N) is 1. The van der Waals surface area contributed by atoms with Crippen molar-refractivity contribution in [3.8, 4) is 11.5 Å². The van der Waals surface area contributed by atoms with E-state index in [1.807, 2.05) is 55.5 Å². The summed E-state index contributed by atoms with van der Waals surface area (Å²) in [6, 6.07) is 15.3. The Morgan fingerprint density at radius 1 is 1.05 bits per heavy atom. The first-order chi connectivity index (χ1) is 10.1. The van der Waals surface area contributed by atoms with Crippen LogP contribution >= 0.6 is 0 Å². The first kappa shape index (κ1) is 15.2. The SMILES string of the molecule is COc1cccc(C(C)(CO)Nc2ccccc2OC)c1. The number of rotatable bonds is 6. The first-order valence-corrected chi connectivity index (χ1v) is 6.79. The van der Waals surface area contributed by atoms with Crippen molar-refractivity contribution in [3.63, 3.8) is 0 Å². The molecule has 0 amide bonds. The van der Waals surface area contributed by atoms with Crippen LogP contribution in [0.1, 0.15) is 12.5 Å². The van der Waals surface area contributed by atoms with Crippen LogP contribution in [-0.4, -0.2) is 25.9 Å². The lowest BCUT2D eigenvalue weighted by Gasteiger charge is -2.31. The largest absolute Gasteiger partial charge is 0.497 e. The van der Waals surface area contributed by atoms with Gasteiger partial charge in [0.2, 0.25) is 0 Å². The highest BCUT2D eigenvalue weighted by Crippen LogP contribution is 2.32. The quantitative estimate of drug-likeness (QED) is 0.857. The molecule has 0 saturated heterocycles. The van der Waals surface area contributed by atoms with Gasteiger partial charge in [-0.1, -0.05) is 24.3 Å². The second-order valence-corrected chi connectivity index (χ2v) is 5.05. The Kier molecular flexibility index (Phi) is 4.70. The average Bonchev–Trinajstić information content (AvgIpc) is 2.55. The van der Waals surface area contributed by atoms with Crippen LogP contribution in [0.5, 0.6) is 11.5 Å². The summed E-state index contributed by atoms with van der Waals surface area (Å²) in [5, 5.41) is 13.2. The van der Waals surface area contributed by atoms with Gasteiger partial charge in [0.25, 0.3) is 0 Å². The fourth-order valence-corrected chi connectivity index (χ4v) is 2.21. The van der Waals surface area contributed by atoms with Gasteiger partial charge in [-0.05, 0) is 36.8 Å². The summed E-state index contributed by atoms with van der Waals surface area (Å²) < 4.78 is 10.6. The van der Waals surface area contributed by atoms with E-state index in [4.69, 9.17) is 9.47 Å². The van der Waals surface area contributed by atoms with Crippen LogP contribution in [-0.2, 0) is 5.54 Å². The molecule has 2 aromatic rings. The van der Waals surface area contributed by atoms with Gasteiger partial charge in [0.15, 0.2) is 0 Å². The topological polar surface area (TPSA) is 50.7 Å². The van der Waals surface area contributed by atoms with Gasteiger partial charge >= 0.3 is 0 Å². The van der Waals surface area contributed by atoms with Crippen LogP contribution in [0, 0.1) is 0 Å². The molecule has 2 rings (SSSR count). The summed E-state index contributed by atoms with van der Waals surface area (Å²) in [5.41, 5.74) is 1.14. The molecule has 1 unspecified atom stereocenters. The highest BCUT2D eigenvalue weighted by molar-refractivity contribution is 5.58. The van der Waals surface area contributed by atoms with E-state index in [1.165, 1.54) is 0 Å². The van der Waals surface area contributed by atoms with Crippen LogP contribution in [0.4, 0.5) is 5.69 Å². The minimum atomic E-state index is -0.636. The van der Waals surface area contributed by atoms with Crippen LogP contribution in [0.25, 0.3) is 0 Å². The Labute approximate surface area is 125 Å². The summed E-state index contributed by atoms with van der Waals surface area (Å²) >= 11 is 0. The number of hydrogen-bond donors (Lipinski definition) is 2. The van der Waals surface area contributed by atoms with Crippen molar-refractivity contribution < 1.29 is 14.6 Å². The van der Waals surface area contributed by atoms with Crippen LogP contribution in [0.15, 0.2) is 48.5 Å². The third-order valence-corrected chi connectivity index (χ3v) is 3.54. The van der Waals surface area contributed by atoms with Crippen molar-refractivity contribution in [2.24, 2.45) is 0 Å². The van der Waals surface area contributed by atoms with Gasteiger partial charge in [-0.2, -0.15) is 0 Å². The highest BCUT2D eigenvalue weighted by atomic mass is 16.5. The second kappa shape index (κ2) is 6.50. The van der Waals surface area contributed by atoms with E-state index < -0.39 is 5.54 Å². The van der Waals surface area contributed by atoms with Gasteiger partial charge in [0.05, 0.1) is 32.1 Å². The normalized spacial score (nSPS) is 13.3. The number of aliphatic hydroxyl groups excluding tert-OH is 1. The maximum atomic E-state index is 9.88. The van der Waals surface area contributed by atoms with Gasteiger partial charge in [-0.3, -0.25) is 0 Å². The second-order valence-electron chi connectivity index (χ2n) is 5.05. The van der Waals surface area contributed by atoms with Crippen molar-refractivity contribution in [3.05, 3.63) is 54.1 Å². The summed E-state index contributed by atoms with van der Waals surface area (Å²) in [5.74, 6) is 1.49. The molecule has 0 aromatic heterocycles. The zero-order chi connectivity index (χ0) is 15.3. The molecule has 0 fully saturated rings. The predicted molar refractivity (Wildman–Crippen MR) is 84.0 cm³/mol. The molecule has 4 heteroatoms. The number of ether oxygens (including phenoxy) is 2. The molecular formula is C17H21NO3. The molecule has 4 nitrogen and oxygen atoms in total. The van der Waals surface area contributed by atoms with E-state index in [0.29, 0.717) is 0 Å². The maximum absolute atomic E-state index is 9.88. The van der Waals surface area contributed by atoms with E-state index in [2.05, 4.69) is 5.32 Å². The number of benzene rings is 2. The molecule has 0 aliphatic rings. The van der Waals surface area contributed by atoms with Crippen molar-refractivity contribution in [1.82, 2.24) is 0 Å². The predicted octanol–water partition coefficient (Wildman–Crippen LogP) is 3.02. The van der Waals surface area contributed by atoms with Crippen molar-refractivity contribution in [1.29, 1.82) is 0 Å². The van der Waals surface area contributed by atoms with Gasteiger partial charge in [0, 0.05) is 0 Å². The lowest BCUT2D eigenvalue weighted by molar-refractivity contribution is 0.223. The van der Waals surface area contributed by atoms with Crippen LogP contribution in [0.3, 0.4) is 0 Å². The van der Waals surface area contributed by atoms with Crippen molar-refractivity contribution in [2.45, 2.75) is 12.5 Å². The standard InChI is InChI=1S/C17H21NO3/c1-17(12-19,13-7-6-8-14(11-13)20-2)18-15-9-4-5-10-16(15)21-3/h4-11,18-19H,12H2,1-3H3. The maximum Gasteiger partial charge on any atom is 0.141 e. The van der Waals surface area contributed by atoms with Gasteiger partial charge in [0.1, 0.15) is 11.5 Å². The minimum absolute atomic E-state index is 0.0573. The Bertz CT molecular complexity index is 600. The molecule has 0 radical (unpaired) electrons. The Morgan fingerprint density at radius 2 is 1.81 bits per heavy atom. The molecule has 0 aliphatic heterocycles. The minimum Gasteiger partial charge on any atom is -0.497 e. The molecule has 112 valence electrons. The summed E-state index contributed by atoms with van der Waals surface area (Å²) in [4.78, 5) is 0. The fraction of sp³-hybridized carbons (Fsp3) is 0.294. The van der Waals surface area contributed by atoms with E-state index >= 15 is 0 Å². The van der Waals surface area contributed by atoms with Gasteiger partial charge < -0.3 is 19.9 Å². The molecular weight excluding hydrogens is 266 g/mol. The summed E-state index contributed by atoms with van der Waals surface area (Å²) in [6.07, 6.45) is 0. The first-order valence-electron chi connectivity index (χ1n) is 6.79. The highest BCUT2D eigenvalue weighted by Gasteiger charge is 2.27. The average molecular weight is 287 g/mol. The molecule has 0 aliphatic carbocycles. The Morgan fingerprint density at radius 3 is 2.48 bits per heavy atom. The number of hydrogen-bond acceptors (Lipinski definition) is 4. The van der Waals surface area contributed by atoms with Gasteiger partial charge in [-0.15, -0.1) is 0 Å². The molecule has 21 heavy (non-hydrogen) atoms. The fourth-order valence-electron chi connectivity index (χ4n) is 2.21. The van der Waals surface area contributed by atoms with Gasteiger partial charge in [-0.25, -0.2) is 0 Å². The number of para-hydroxylation sites is 2. The molecule has 2 N–H and O–H groups in total. The molecule has 0 heterocycles. The lowest BCUT2D eigenvalue weighted by Crippen LogP contribution is -2.36. The van der Waals surface area contributed by atoms with E-state index in [1.54, 1.807) is 14.2 Å². The smallest absolute Gasteiger partial charge is 0.141 e. The molecule has 0 spiro atoms. The molecule has 0 saturated carbocycles.